The molecule has 0 radical (unpaired) electrons. The molecule has 5 rings (SSSR count). The van der Waals surface area contributed by atoms with Gasteiger partial charge in [-0.1, -0.05) is 31.2 Å². The predicted molar refractivity (Wildman–Crippen MR) is 137 cm³/mol. The SMILES string of the molecule is Cc1cc2cc(C(=O)N(Cc3ccc(C(F)(F)F)cn3)C3CCC(C)c4ccccc43)ccc2nc1N. The Morgan fingerprint density at radius 3 is 2.51 bits per heavy atom. The van der Waals surface area contributed by atoms with Crippen LogP contribution in [0.4, 0.5) is 19.0 Å². The van der Waals surface area contributed by atoms with E-state index in [-0.39, 0.29) is 18.5 Å². The van der Waals surface area contributed by atoms with E-state index in [1.807, 2.05) is 31.2 Å². The number of fused-ring (bicyclic) bond motifs is 2. The standard InChI is InChI=1S/C29H27F3N4O/c1-17-7-12-26(24-6-4-3-5-23(17)24)36(16-22-10-9-21(15-34-22)29(30,31)32)28(37)19-8-11-25-20(14-19)13-18(2)27(33)35-25/h3-6,8-11,13-15,17,26H,7,12,16H2,1-2H3,(H2,33,35). The Labute approximate surface area is 213 Å². The number of nitrogens with zero attached hydrogens (tertiary/aromatic N) is 3. The van der Waals surface area contributed by atoms with Crippen LogP contribution in [0.5, 0.6) is 0 Å². The molecule has 0 bridgehead atoms. The average Bonchev–Trinajstić information content (AvgIpc) is 2.88. The van der Waals surface area contributed by atoms with E-state index < -0.39 is 11.7 Å². The number of nitrogens with two attached hydrogens (primary N) is 1. The molecule has 2 aromatic heterocycles. The van der Waals surface area contributed by atoms with Gasteiger partial charge in [0, 0.05) is 17.1 Å². The number of carbonyl (C=O) groups is 1. The Bertz CT molecular complexity index is 1470. The first-order valence-corrected chi connectivity index (χ1v) is 12.2. The molecule has 0 saturated heterocycles. The topological polar surface area (TPSA) is 72.1 Å². The number of halogens is 3. The maximum Gasteiger partial charge on any atom is 0.417 e. The van der Waals surface area contributed by atoms with E-state index in [9.17, 15) is 18.0 Å². The van der Waals surface area contributed by atoms with E-state index in [1.165, 1.54) is 11.6 Å². The fraction of sp³-hybridized carbons (Fsp3) is 0.276. The summed E-state index contributed by atoms with van der Waals surface area (Å²) < 4.78 is 39.3. The van der Waals surface area contributed by atoms with Crippen molar-refractivity contribution in [1.82, 2.24) is 14.9 Å². The Kier molecular flexibility index (Phi) is 6.35. The van der Waals surface area contributed by atoms with Crippen molar-refractivity contribution < 1.29 is 18.0 Å². The van der Waals surface area contributed by atoms with E-state index in [4.69, 9.17) is 5.73 Å². The number of rotatable bonds is 4. The highest BCUT2D eigenvalue weighted by Gasteiger charge is 2.34. The normalized spacial score (nSPS) is 17.4. The zero-order valence-electron chi connectivity index (χ0n) is 20.6. The van der Waals surface area contributed by atoms with Crippen molar-refractivity contribution in [1.29, 1.82) is 0 Å². The molecule has 1 aliphatic rings. The van der Waals surface area contributed by atoms with Crippen LogP contribution in [0.3, 0.4) is 0 Å². The van der Waals surface area contributed by atoms with Gasteiger partial charge in [0.2, 0.25) is 0 Å². The third-order valence-electron chi connectivity index (χ3n) is 7.17. The molecule has 0 saturated carbocycles. The summed E-state index contributed by atoms with van der Waals surface area (Å²) in [6.07, 6.45) is -2.01. The van der Waals surface area contributed by atoms with Gasteiger partial charge in [-0.3, -0.25) is 9.78 Å². The van der Waals surface area contributed by atoms with E-state index >= 15 is 0 Å². The predicted octanol–water partition coefficient (Wildman–Crippen LogP) is 6.82. The first kappa shape index (κ1) is 24.7. The lowest BCUT2D eigenvalue weighted by Crippen LogP contribution is -2.37. The molecular weight excluding hydrogens is 477 g/mol. The quantitative estimate of drug-likeness (QED) is 0.331. The van der Waals surface area contributed by atoms with Gasteiger partial charge in [0.15, 0.2) is 0 Å². The van der Waals surface area contributed by atoms with Gasteiger partial charge in [-0.25, -0.2) is 4.98 Å². The van der Waals surface area contributed by atoms with Crippen LogP contribution in [-0.2, 0) is 12.7 Å². The summed E-state index contributed by atoms with van der Waals surface area (Å²) in [5.74, 6) is 0.579. The second-order valence-corrected chi connectivity index (χ2v) is 9.69. The molecule has 4 aromatic rings. The Hall–Kier alpha value is -3.94. The van der Waals surface area contributed by atoms with Gasteiger partial charge in [-0.05, 0) is 78.8 Å². The van der Waals surface area contributed by atoms with Gasteiger partial charge in [-0.15, -0.1) is 0 Å². The summed E-state index contributed by atoms with van der Waals surface area (Å²) in [5, 5.41) is 0.794. The lowest BCUT2D eigenvalue weighted by atomic mass is 9.80. The van der Waals surface area contributed by atoms with Crippen LogP contribution in [0.2, 0.25) is 0 Å². The van der Waals surface area contributed by atoms with Crippen molar-refractivity contribution >= 4 is 22.6 Å². The molecule has 2 heterocycles. The lowest BCUT2D eigenvalue weighted by Gasteiger charge is -2.38. The summed E-state index contributed by atoms with van der Waals surface area (Å²) in [4.78, 5) is 24.2. The summed E-state index contributed by atoms with van der Waals surface area (Å²) in [5.41, 5.74) is 9.75. The number of benzene rings is 2. The number of aryl methyl sites for hydroxylation is 1. The van der Waals surface area contributed by atoms with Crippen LogP contribution in [0, 0.1) is 6.92 Å². The van der Waals surface area contributed by atoms with Crippen molar-refractivity contribution in [2.24, 2.45) is 0 Å². The van der Waals surface area contributed by atoms with Crippen LogP contribution < -0.4 is 5.73 Å². The molecule has 1 aliphatic carbocycles. The number of aromatic nitrogens is 2. The molecule has 0 aliphatic heterocycles. The van der Waals surface area contributed by atoms with E-state index in [0.717, 1.165) is 41.6 Å². The highest BCUT2D eigenvalue weighted by Crippen LogP contribution is 2.41. The fourth-order valence-corrected chi connectivity index (χ4v) is 5.09. The molecular formula is C29H27F3N4O. The number of alkyl halides is 3. The van der Waals surface area contributed by atoms with Crippen molar-refractivity contribution in [3.05, 3.63) is 100 Å². The van der Waals surface area contributed by atoms with Crippen LogP contribution >= 0.6 is 0 Å². The third kappa shape index (κ3) is 4.88. The molecule has 1 amide bonds. The first-order valence-electron chi connectivity index (χ1n) is 12.2. The molecule has 5 nitrogen and oxygen atoms in total. The Balaban J connectivity index is 1.56. The number of hydrogen-bond donors (Lipinski definition) is 1. The van der Waals surface area contributed by atoms with Crippen LogP contribution in [0.25, 0.3) is 10.9 Å². The number of pyridine rings is 2. The third-order valence-corrected chi connectivity index (χ3v) is 7.17. The van der Waals surface area contributed by atoms with Gasteiger partial charge in [0.05, 0.1) is 29.4 Å². The molecule has 2 N–H and O–H groups in total. The van der Waals surface area contributed by atoms with Crippen LogP contribution in [0.15, 0.2) is 66.9 Å². The Morgan fingerprint density at radius 2 is 1.81 bits per heavy atom. The van der Waals surface area contributed by atoms with Gasteiger partial charge in [0.1, 0.15) is 5.82 Å². The van der Waals surface area contributed by atoms with Gasteiger partial charge in [-0.2, -0.15) is 13.2 Å². The van der Waals surface area contributed by atoms with Crippen molar-refractivity contribution in [3.63, 3.8) is 0 Å². The number of carbonyl (C=O) groups excluding carboxylic acids is 1. The number of anilines is 1. The largest absolute Gasteiger partial charge is 0.417 e. The number of amides is 1. The average molecular weight is 505 g/mol. The van der Waals surface area contributed by atoms with E-state index in [2.05, 4.69) is 23.0 Å². The van der Waals surface area contributed by atoms with Crippen molar-refractivity contribution in [3.8, 4) is 0 Å². The molecule has 190 valence electrons. The van der Waals surface area contributed by atoms with E-state index in [1.54, 1.807) is 23.1 Å². The molecule has 2 atom stereocenters. The molecule has 0 spiro atoms. The molecule has 0 fully saturated rings. The van der Waals surface area contributed by atoms with Crippen molar-refractivity contribution in [2.75, 3.05) is 5.73 Å². The molecule has 2 unspecified atom stereocenters. The minimum Gasteiger partial charge on any atom is -0.383 e. The lowest BCUT2D eigenvalue weighted by molar-refractivity contribution is -0.137. The van der Waals surface area contributed by atoms with Crippen molar-refractivity contribution in [2.45, 2.75) is 51.4 Å². The smallest absolute Gasteiger partial charge is 0.383 e. The zero-order valence-corrected chi connectivity index (χ0v) is 20.6. The van der Waals surface area contributed by atoms with Crippen LogP contribution in [0.1, 0.15) is 70.0 Å². The fourth-order valence-electron chi connectivity index (χ4n) is 5.09. The minimum atomic E-state index is -4.47. The maximum atomic E-state index is 14.0. The monoisotopic (exact) mass is 504 g/mol. The molecule has 2 aromatic carbocycles. The zero-order chi connectivity index (χ0) is 26.3. The Morgan fingerprint density at radius 1 is 1.05 bits per heavy atom. The summed E-state index contributed by atoms with van der Waals surface area (Å²) in [6.45, 7) is 4.11. The highest BCUT2D eigenvalue weighted by atomic mass is 19.4. The molecule has 8 heteroatoms. The summed E-state index contributed by atoms with van der Waals surface area (Å²) in [7, 11) is 0. The number of nitrogen functional groups attached to an aromatic ring is 1. The minimum absolute atomic E-state index is 0.0847. The first-order chi connectivity index (χ1) is 17.6. The maximum absolute atomic E-state index is 14.0. The van der Waals surface area contributed by atoms with Crippen LogP contribution in [-0.4, -0.2) is 20.8 Å². The van der Waals surface area contributed by atoms with Gasteiger partial charge in [0.25, 0.3) is 5.91 Å². The van der Waals surface area contributed by atoms with E-state index in [0.29, 0.717) is 28.5 Å². The second kappa shape index (κ2) is 9.50. The van der Waals surface area contributed by atoms with Gasteiger partial charge >= 0.3 is 6.18 Å². The molecule has 37 heavy (non-hydrogen) atoms. The second-order valence-electron chi connectivity index (χ2n) is 9.69. The highest BCUT2D eigenvalue weighted by molar-refractivity contribution is 5.98. The van der Waals surface area contributed by atoms with Gasteiger partial charge < -0.3 is 10.6 Å². The summed E-state index contributed by atoms with van der Waals surface area (Å²) >= 11 is 0. The summed E-state index contributed by atoms with van der Waals surface area (Å²) in [6, 6.07) is 17.4. The number of hydrogen-bond acceptors (Lipinski definition) is 4.